The molecule has 0 saturated heterocycles. The topological polar surface area (TPSA) is 17.3 Å². The highest BCUT2D eigenvalue weighted by molar-refractivity contribution is 7.25. The summed E-state index contributed by atoms with van der Waals surface area (Å²) in [5.74, 6) is 0. The van der Waals surface area contributed by atoms with Gasteiger partial charge in [-0.05, 0) is 54.2 Å². The van der Waals surface area contributed by atoms with Gasteiger partial charge in [0.1, 0.15) is 0 Å². The predicted molar refractivity (Wildman–Crippen MR) is 152 cm³/mol. The molecule has 0 bridgehead atoms. The Morgan fingerprint density at radius 1 is 0.600 bits per heavy atom. The molecule has 0 radical (unpaired) electrons. The summed E-state index contributed by atoms with van der Waals surface area (Å²) in [6.45, 7) is 4.40. The van der Waals surface area contributed by atoms with Crippen molar-refractivity contribution in [1.29, 1.82) is 0 Å². The van der Waals surface area contributed by atoms with Crippen LogP contribution in [0.1, 0.15) is 5.56 Å². The van der Waals surface area contributed by atoms with Crippen molar-refractivity contribution < 1.29 is 0 Å². The van der Waals surface area contributed by atoms with E-state index in [-0.39, 0.29) is 0 Å². The monoisotopic (exact) mass is 466 g/mol. The van der Waals surface area contributed by atoms with E-state index in [1.165, 1.54) is 64.4 Å². The van der Waals surface area contributed by atoms with Crippen molar-refractivity contribution in [3.8, 4) is 16.8 Å². The molecule has 2 nitrogen and oxygen atoms in total. The minimum absolute atomic E-state index is 0.584. The highest BCUT2D eigenvalue weighted by atomic mass is 32.1. The number of nitrogens with zero attached hydrogens (tertiary/aromatic N) is 2. The molecule has 2 aromatic heterocycles. The third-order valence-corrected chi connectivity index (χ3v) is 8.03. The number of para-hydroxylation sites is 3. The van der Waals surface area contributed by atoms with Gasteiger partial charge in [-0.1, -0.05) is 72.8 Å². The van der Waals surface area contributed by atoms with Gasteiger partial charge in [0.25, 0.3) is 0 Å². The first kappa shape index (κ1) is 20.2. The fourth-order valence-electron chi connectivity index (χ4n) is 5.39. The Bertz CT molecular complexity index is 1850. The summed E-state index contributed by atoms with van der Waals surface area (Å²) in [6, 6.07) is 39.4. The van der Waals surface area contributed by atoms with Crippen LogP contribution in [0.4, 0.5) is 0 Å². The summed E-state index contributed by atoms with van der Waals surface area (Å²) in [7, 11) is 0. The number of rotatable bonds is 4. The van der Waals surface area contributed by atoms with Crippen molar-refractivity contribution in [2.75, 3.05) is 0 Å². The Kier molecular flexibility index (Phi) is 4.58. The maximum absolute atomic E-state index is 4.29. The van der Waals surface area contributed by atoms with Crippen molar-refractivity contribution in [3.63, 3.8) is 0 Å². The highest BCUT2D eigenvalue weighted by Gasteiger charge is 2.18. The van der Waals surface area contributed by atoms with E-state index >= 15 is 0 Å². The second kappa shape index (κ2) is 7.93. The first-order valence-corrected chi connectivity index (χ1v) is 12.6. The summed E-state index contributed by atoms with van der Waals surface area (Å²) in [4.78, 5) is 4.29. The number of benzene rings is 5. The zero-order valence-electron chi connectivity index (χ0n) is 19.1. The Morgan fingerprint density at radius 2 is 1.23 bits per heavy atom. The maximum Gasteiger partial charge on any atom is 0.0639 e. The van der Waals surface area contributed by atoms with E-state index in [0.29, 0.717) is 6.54 Å². The standard InChI is InChI=1S/C32H22N2S/c1-33-20-21-18-32-27(25-13-5-9-17-31(25)35-32)19-26(21)24-12-4-8-16-30(24)34-28-14-6-2-10-22(28)23-11-3-7-15-29(23)34/h2-19H,1,20H2. The smallest absolute Gasteiger partial charge is 0.0639 e. The van der Waals surface area contributed by atoms with Gasteiger partial charge in [-0.2, -0.15) is 0 Å². The van der Waals surface area contributed by atoms with E-state index in [1.807, 2.05) is 11.3 Å². The molecule has 0 aliphatic heterocycles. The lowest BCUT2D eigenvalue weighted by atomic mass is 9.95. The van der Waals surface area contributed by atoms with Crippen LogP contribution < -0.4 is 0 Å². The molecule has 166 valence electrons. The molecule has 7 aromatic rings. The molecule has 35 heavy (non-hydrogen) atoms. The number of aromatic nitrogens is 1. The molecule has 0 amide bonds. The van der Waals surface area contributed by atoms with Crippen LogP contribution in [0.2, 0.25) is 0 Å². The zero-order chi connectivity index (χ0) is 23.4. The molecule has 7 rings (SSSR count). The van der Waals surface area contributed by atoms with Crippen LogP contribution >= 0.6 is 11.3 Å². The van der Waals surface area contributed by atoms with Gasteiger partial charge in [0.2, 0.25) is 0 Å². The van der Waals surface area contributed by atoms with E-state index in [4.69, 9.17) is 0 Å². The van der Waals surface area contributed by atoms with Crippen molar-refractivity contribution >= 4 is 60.0 Å². The summed E-state index contributed by atoms with van der Waals surface area (Å²) < 4.78 is 5.01. The molecule has 0 fully saturated rings. The van der Waals surface area contributed by atoms with Gasteiger partial charge in [0, 0.05) is 36.5 Å². The van der Waals surface area contributed by atoms with Crippen molar-refractivity contribution in [3.05, 3.63) is 115 Å². The minimum Gasteiger partial charge on any atom is -0.309 e. The second-order valence-electron chi connectivity index (χ2n) is 8.87. The van der Waals surface area contributed by atoms with Crippen LogP contribution in [0, 0.1) is 0 Å². The van der Waals surface area contributed by atoms with E-state index < -0.39 is 0 Å². The normalized spacial score (nSPS) is 11.7. The summed E-state index contributed by atoms with van der Waals surface area (Å²) in [6.07, 6.45) is 0. The first-order valence-electron chi connectivity index (χ1n) is 11.8. The third-order valence-electron chi connectivity index (χ3n) is 6.90. The molecular weight excluding hydrogens is 444 g/mol. The van der Waals surface area contributed by atoms with Gasteiger partial charge in [-0.15, -0.1) is 11.3 Å². The zero-order valence-corrected chi connectivity index (χ0v) is 19.9. The van der Waals surface area contributed by atoms with Gasteiger partial charge >= 0.3 is 0 Å². The Balaban J connectivity index is 1.58. The molecule has 0 atom stereocenters. The van der Waals surface area contributed by atoms with Gasteiger partial charge in [-0.3, -0.25) is 4.99 Å². The molecule has 0 N–H and O–H groups in total. The number of fused-ring (bicyclic) bond motifs is 6. The van der Waals surface area contributed by atoms with Gasteiger partial charge in [0.15, 0.2) is 0 Å². The fraction of sp³-hybridized carbons (Fsp3) is 0.0312. The molecule has 0 aliphatic carbocycles. The lowest BCUT2D eigenvalue weighted by molar-refractivity contribution is 1.09. The van der Waals surface area contributed by atoms with Crippen molar-refractivity contribution in [2.45, 2.75) is 6.54 Å². The first-order chi connectivity index (χ1) is 17.3. The lowest BCUT2D eigenvalue weighted by Gasteiger charge is -2.16. The number of hydrogen-bond acceptors (Lipinski definition) is 2. The predicted octanol–water partition coefficient (Wildman–Crippen LogP) is 9.02. The summed E-state index contributed by atoms with van der Waals surface area (Å²) >= 11 is 1.84. The van der Waals surface area contributed by atoms with Crippen LogP contribution in [0.25, 0.3) is 58.8 Å². The molecule has 0 spiro atoms. The van der Waals surface area contributed by atoms with Crippen LogP contribution in [-0.2, 0) is 6.54 Å². The summed E-state index contributed by atoms with van der Waals surface area (Å²) in [5.41, 5.74) is 7.22. The van der Waals surface area contributed by atoms with E-state index in [2.05, 4.69) is 125 Å². The SMILES string of the molecule is C=NCc1cc2sc3ccccc3c2cc1-c1ccccc1-n1c2ccccc2c2ccccc21. The summed E-state index contributed by atoms with van der Waals surface area (Å²) in [5, 5.41) is 5.14. The molecule has 5 aromatic carbocycles. The quantitative estimate of drug-likeness (QED) is 0.230. The van der Waals surface area contributed by atoms with Crippen LogP contribution in [0.5, 0.6) is 0 Å². The molecule has 3 heteroatoms. The number of thiophene rings is 1. The minimum atomic E-state index is 0.584. The highest BCUT2D eigenvalue weighted by Crippen LogP contribution is 2.41. The van der Waals surface area contributed by atoms with Gasteiger partial charge in [0.05, 0.1) is 23.3 Å². The van der Waals surface area contributed by atoms with E-state index in [1.54, 1.807) is 0 Å². The Labute approximate surface area is 207 Å². The number of aliphatic imine (C=N–C) groups is 1. The average molecular weight is 467 g/mol. The average Bonchev–Trinajstić information content (AvgIpc) is 3.44. The third kappa shape index (κ3) is 3.05. The van der Waals surface area contributed by atoms with Gasteiger partial charge in [-0.25, -0.2) is 0 Å². The Morgan fingerprint density at radius 3 is 1.97 bits per heavy atom. The van der Waals surface area contributed by atoms with E-state index in [0.717, 1.165) is 0 Å². The van der Waals surface area contributed by atoms with Crippen molar-refractivity contribution in [2.24, 2.45) is 4.99 Å². The second-order valence-corrected chi connectivity index (χ2v) is 9.96. The fourth-order valence-corrected chi connectivity index (χ4v) is 6.55. The van der Waals surface area contributed by atoms with Crippen LogP contribution in [-0.4, -0.2) is 11.3 Å². The molecular formula is C32H22N2S. The lowest BCUT2D eigenvalue weighted by Crippen LogP contribution is -1.98. The molecule has 0 unspecified atom stereocenters. The number of hydrogen-bond donors (Lipinski definition) is 0. The van der Waals surface area contributed by atoms with Gasteiger partial charge < -0.3 is 4.57 Å². The molecule has 0 aliphatic rings. The molecule has 0 saturated carbocycles. The van der Waals surface area contributed by atoms with E-state index in [9.17, 15) is 0 Å². The van der Waals surface area contributed by atoms with Crippen molar-refractivity contribution in [1.82, 2.24) is 4.57 Å². The maximum atomic E-state index is 4.29. The largest absolute Gasteiger partial charge is 0.309 e. The van der Waals surface area contributed by atoms with Crippen LogP contribution in [0.15, 0.2) is 114 Å². The Hall–Kier alpha value is -4.21. The molecule has 2 heterocycles. The van der Waals surface area contributed by atoms with Crippen LogP contribution in [0.3, 0.4) is 0 Å².